The molecule has 0 amide bonds. The van der Waals surface area contributed by atoms with Crippen LogP contribution >= 0.6 is 11.3 Å². The van der Waals surface area contributed by atoms with E-state index in [4.69, 9.17) is 0 Å². The molecule has 0 radical (unpaired) electrons. The Hall–Kier alpha value is -8.44. The molecule has 3 nitrogen and oxygen atoms in total. The number of benzene rings is 11. The van der Waals surface area contributed by atoms with Gasteiger partial charge in [0.2, 0.25) is 0 Å². The fraction of sp³-hybridized carbons (Fsp3) is 0.0462. The number of likely N-dealkylation sites (N-methyl/N-ethyl adjacent to an activating group) is 1. The van der Waals surface area contributed by atoms with E-state index in [1.165, 1.54) is 114 Å². The van der Waals surface area contributed by atoms with Crippen LogP contribution in [-0.2, 0) is 0 Å². The van der Waals surface area contributed by atoms with Crippen LogP contribution in [0.15, 0.2) is 237 Å². The van der Waals surface area contributed by atoms with Gasteiger partial charge in [-0.25, -0.2) is 0 Å². The number of rotatable bonds is 6. The van der Waals surface area contributed by atoms with E-state index in [-0.39, 0.29) is 12.1 Å². The van der Waals surface area contributed by atoms with Gasteiger partial charge in [0.05, 0.1) is 34.5 Å². The van der Waals surface area contributed by atoms with Crippen molar-refractivity contribution in [3.63, 3.8) is 0 Å². The number of hydrogen-bond acceptors (Lipinski definition) is 3. The molecule has 14 rings (SSSR count). The standard InChI is InChI=1S/C65H45N3S/c1-67-57-24-11-10-23-56(57)66-64(44-28-26-42(27-29-44)47-18-13-17-46(38-47)41-14-3-2-4-15-41)65(67)45-30-34-49(35-31-45)68-58-36-32-43-16-5-6-19-50(43)62(58)63-53-22-8-7-20-51(53)54(40-59(63)68)48-33-37-61-55(39-48)52-21-9-12-25-60(52)69-61/h2-40,64-66H,1H3. The number of aromatic nitrogens is 1. The van der Waals surface area contributed by atoms with Gasteiger partial charge >= 0.3 is 0 Å². The second-order valence-corrected chi connectivity index (χ2v) is 19.6. The molecule has 3 heterocycles. The molecule has 326 valence electrons. The summed E-state index contributed by atoms with van der Waals surface area (Å²) in [5.74, 6) is 0. The smallest absolute Gasteiger partial charge is 0.0783 e. The first-order chi connectivity index (χ1) is 34.1. The average molecular weight is 900 g/mol. The Morgan fingerprint density at radius 1 is 0.406 bits per heavy atom. The predicted molar refractivity (Wildman–Crippen MR) is 295 cm³/mol. The van der Waals surface area contributed by atoms with E-state index in [0.29, 0.717) is 0 Å². The first kappa shape index (κ1) is 39.7. The minimum atomic E-state index is 0.00617. The van der Waals surface area contributed by atoms with Gasteiger partial charge in [0, 0.05) is 43.7 Å². The van der Waals surface area contributed by atoms with Crippen LogP contribution in [0.1, 0.15) is 23.2 Å². The lowest BCUT2D eigenvalue weighted by Gasteiger charge is -2.43. The van der Waals surface area contributed by atoms with Crippen LogP contribution in [-0.4, -0.2) is 11.6 Å². The summed E-state index contributed by atoms with van der Waals surface area (Å²) in [6.45, 7) is 0. The number of thiophene rings is 1. The normalized spacial score (nSPS) is 14.8. The predicted octanol–water partition coefficient (Wildman–Crippen LogP) is 17.8. The Morgan fingerprint density at radius 2 is 1.03 bits per heavy atom. The highest BCUT2D eigenvalue weighted by Gasteiger charge is 2.34. The summed E-state index contributed by atoms with van der Waals surface area (Å²) < 4.78 is 5.15. The summed E-state index contributed by atoms with van der Waals surface area (Å²) >= 11 is 1.87. The zero-order chi connectivity index (χ0) is 45.6. The number of nitrogens with zero attached hydrogens (tertiary/aromatic N) is 2. The molecule has 0 aliphatic carbocycles. The average Bonchev–Trinajstić information content (AvgIpc) is 3.97. The van der Waals surface area contributed by atoms with Gasteiger partial charge in [-0.05, 0) is 127 Å². The molecule has 13 aromatic rings. The van der Waals surface area contributed by atoms with Crippen molar-refractivity contribution in [1.82, 2.24) is 4.57 Å². The molecule has 11 aromatic carbocycles. The zero-order valence-corrected chi connectivity index (χ0v) is 38.8. The first-order valence-electron chi connectivity index (χ1n) is 23.9. The monoisotopic (exact) mass is 899 g/mol. The molecule has 1 aliphatic rings. The highest BCUT2D eigenvalue weighted by atomic mass is 32.1. The van der Waals surface area contributed by atoms with Crippen LogP contribution in [0, 0.1) is 0 Å². The van der Waals surface area contributed by atoms with E-state index < -0.39 is 0 Å². The van der Waals surface area contributed by atoms with Gasteiger partial charge in [-0.15, -0.1) is 11.3 Å². The molecule has 1 aliphatic heterocycles. The van der Waals surface area contributed by atoms with Gasteiger partial charge in [0.15, 0.2) is 0 Å². The van der Waals surface area contributed by atoms with Crippen LogP contribution in [0.2, 0.25) is 0 Å². The van der Waals surface area contributed by atoms with Crippen molar-refractivity contribution < 1.29 is 0 Å². The maximum Gasteiger partial charge on any atom is 0.0783 e. The lowest BCUT2D eigenvalue weighted by atomic mass is 9.88. The Morgan fingerprint density at radius 3 is 1.86 bits per heavy atom. The number of hydrogen-bond donors (Lipinski definition) is 1. The Labute approximate surface area is 404 Å². The molecule has 4 heteroatoms. The lowest BCUT2D eigenvalue weighted by Crippen LogP contribution is -2.37. The molecular formula is C65H45N3S. The first-order valence-corrected chi connectivity index (χ1v) is 24.7. The Kier molecular flexibility index (Phi) is 9.11. The van der Waals surface area contributed by atoms with E-state index in [2.05, 4.69) is 258 Å². The molecule has 0 spiro atoms. The van der Waals surface area contributed by atoms with Crippen LogP contribution in [0.4, 0.5) is 11.4 Å². The summed E-state index contributed by atoms with van der Waals surface area (Å²) in [6.07, 6.45) is 0. The van der Waals surface area contributed by atoms with Gasteiger partial charge in [-0.2, -0.15) is 0 Å². The lowest BCUT2D eigenvalue weighted by molar-refractivity contribution is 0.560. The number of fused-ring (bicyclic) bond motifs is 11. The molecule has 0 saturated carbocycles. The SMILES string of the molecule is CN1c2ccccc2NC(c2ccc(-c3cccc(-c4ccccc4)c3)cc2)C1c1ccc(-n2c3ccc4ccccc4c3c3c4ccccc4c(-c4ccc5sc6ccccc6c5c4)cc32)cc1. The fourth-order valence-electron chi connectivity index (χ4n) is 11.5. The van der Waals surface area contributed by atoms with Gasteiger partial charge in [0.1, 0.15) is 0 Å². The summed E-state index contributed by atoms with van der Waals surface area (Å²) in [4.78, 5) is 2.46. The summed E-state index contributed by atoms with van der Waals surface area (Å²) in [7, 11) is 2.25. The van der Waals surface area contributed by atoms with Crippen molar-refractivity contribution in [2.75, 3.05) is 17.3 Å². The van der Waals surface area contributed by atoms with E-state index in [1.54, 1.807) is 0 Å². The van der Waals surface area contributed by atoms with Crippen LogP contribution in [0.25, 0.3) is 103 Å². The molecular weight excluding hydrogens is 855 g/mol. The van der Waals surface area contributed by atoms with E-state index in [1.807, 2.05) is 11.3 Å². The molecule has 2 aromatic heterocycles. The van der Waals surface area contributed by atoms with E-state index in [9.17, 15) is 0 Å². The van der Waals surface area contributed by atoms with E-state index >= 15 is 0 Å². The van der Waals surface area contributed by atoms with Crippen molar-refractivity contribution in [3.8, 4) is 39.1 Å². The number of nitrogens with one attached hydrogen (secondary N) is 1. The van der Waals surface area contributed by atoms with Crippen LogP contribution < -0.4 is 10.2 Å². The molecule has 1 N–H and O–H groups in total. The largest absolute Gasteiger partial charge is 0.374 e. The maximum absolute atomic E-state index is 4.00. The van der Waals surface area contributed by atoms with Crippen molar-refractivity contribution >= 4 is 86.2 Å². The zero-order valence-electron chi connectivity index (χ0n) is 38.0. The van der Waals surface area contributed by atoms with E-state index in [0.717, 1.165) is 11.4 Å². The third-order valence-corrected chi connectivity index (χ3v) is 15.9. The topological polar surface area (TPSA) is 20.2 Å². The maximum atomic E-state index is 4.00. The highest BCUT2D eigenvalue weighted by molar-refractivity contribution is 7.25. The molecule has 69 heavy (non-hydrogen) atoms. The van der Waals surface area contributed by atoms with Crippen molar-refractivity contribution in [1.29, 1.82) is 0 Å². The van der Waals surface area contributed by atoms with Gasteiger partial charge in [0.25, 0.3) is 0 Å². The van der Waals surface area contributed by atoms with Gasteiger partial charge in [-0.3, -0.25) is 0 Å². The Balaban J connectivity index is 0.911. The second kappa shape index (κ2) is 15.8. The van der Waals surface area contributed by atoms with Crippen molar-refractivity contribution in [2.24, 2.45) is 0 Å². The molecule has 2 atom stereocenters. The summed E-state index contributed by atoms with van der Waals surface area (Å²) in [5.41, 5.74) is 15.7. The third-order valence-electron chi connectivity index (χ3n) is 14.7. The minimum Gasteiger partial charge on any atom is -0.374 e. The van der Waals surface area contributed by atoms with Gasteiger partial charge in [-0.1, -0.05) is 176 Å². The third kappa shape index (κ3) is 6.40. The number of para-hydroxylation sites is 2. The second-order valence-electron chi connectivity index (χ2n) is 18.5. The minimum absolute atomic E-state index is 0.00617. The molecule has 0 bridgehead atoms. The van der Waals surface area contributed by atoms with Crippen LogP contribution in [0.5, 0.6) is 0 Å². The number of anilines is 2. The summed E-state index contributed by atoms with van der Waals surface area (Å²) in [6, 6.07) is 87.6. The molecule has 0 saturated heterocycles. The Bertz CT molecular complexity index is 4130. The van der Waals surface area contributed by atoms with Crippen LogP contribution in [0.3, 0.4) is 0 Å². The molecule has 2 unspecified atom stereocenters. The fourth-order valence-corrected chi connectivity index (χ4v) is 12.6. The highest BCUT2D eigenvalue weighted by Crippen LogP contribution is 2.48. The van der Waals surface area contributed by atoms with Crippen molar-refractivity contribution in [2.45, 2.75) is 12.1 Å². The van der Waals surface area contributed by atoms with Gasteiger partial charge < -0.3 is 14.8 Å². The quantitative estimate of drug-likeness (QED) is 0.179. The van der Waals surface area contributed by atoms with Crippen molar-refractivity contribution in [3.05, 3.63) is 248 Å². The molecule has 0 fully saturated rings. The summed E-state index contributed by atoms with van der Waals surface area (Å²) in [5, 5.41) is 14.3.